The van der Waals surface area contributed by atoms with Crippen LogP contribution in [0.3, 0.4) is 0 Å². The molecule has 3 rings (SSSR count). The SMILES string of the molecule is COc1cccc2c1OC[C@@H](CNC1CCCCC1)C2. The van der Waals surface area contributed by atoms with E-state index >= 15 is 0 Å². The largest absolute Gasteiger partial charge is 0.493 e. The van der Waals surface area contributed by atoms with Gasteiger partial charge in [0.05, 0.1) is 13.7 Å². The second-order valence-corrected chi connectivity index (χ2v) is 6.07. The summed E-state index contributed by atoms with van der Waals surface area (Å²) in [6.07, 6.45) is 7.97. The molecule has 2 aliphatic rings. The van der Waals surface area contributed by atoms with E-state index in [1.165, 1.54) is 37.7 Å². The molecule has 0 spiro atoms. The van der Waals surface area contributed by atoms with Gasteiger partial charge in [-0.25, -0.2) is 0 Å². The molecule has 1 aromatic carbocycles. The Morgan fingerprint density at radius 2 is 2.10 bits per heavy atom. The Hall–Kier alpha value is -1.22. The average Bonchev–Trinajstić information content (AvgIpc) is 2.53. The molecule has 1 aliphatic heterocycles. The molecule has 1 saturated carbocycles. The van der Waals surface area contributed by atoms with E-state index in [0.717, 1.165) is 37.1 Å². The Balaban J connectivity index is 1.55. The minimum atomic E-state index is 0.580. The predicted molar refractivity (Wildman–Crippen MR) is 80.6 cm³/mol. The highest BCUT2D eigenvalue weighted by Crippen LogP contribution is 2.35. The van der Waals surface area contributed by atoms with Gasteiger partial charge in [-0.3, -0.25) is 0 Å². The van der Waals surface area contributed by atoms with Gasteiger partial charge in [-0.2, -0.15) is 0 Å². The fourth-order valence-electron chi connectivity index (χ4n) is 3.39. The molecule has 110 valence electrons. The van der Waals surface area contributed by atoms with Gasteiger partial charge in [0, 0.05) is 18.5 Å². The molecule has 1 fully saturated rings. The van der Waals surface area contributed by atoms with Gasteiger partial charge in [-0.1, -0.05) is 31.4 Å². The van der Waals surface area contributed by atoms with Gasteiger partial charge in [0.2, 0.25) is 0 Å². The first-order chi connectivity index (χ1) is 9.86. The predicted octanol–water partition coefficient (Wildman–Crippen LogP) is 3.17. The zero-order valence-corrected chi connectivity index (χ0v) is 12.4. The van der Waals surface area contributed by atoms with E-state index in [-0.39, 0.29) is 0 Å². The number of rotatable bonds is 4. The first-order valence-electron chi connectivity index (χ1n) is 7.89. The topological polar surface area (TPSA) is 30.5 Å². The van der Waals surface area contributed by atoms with Gasteiger partial charge in [-0.05, 0) is 30.9 Å². The maximum absolute atomic E-state index is 5.93. The van der Waals surface area contributed by atoms with E-state index in [9.17, 15) is 0 Å². The van der Waals surface area contributed by atoms with Crippen LogP contribution in [-0.2, 0) is 6.42 Å². The van der Waals surface area contributed by atoms with Crippen molar-refractivity contribution in [3.63, 3.8) is 0 Å². The number of methoxy groups -OCH3 is 1. The normalized spacial score (nSPS) is 22.9. The van der Waals surface area contributed by atoms with Gasteiger partial charge < -0.3 is 14.8 Å². The standard InChI is InChI=1S/C17H25NO2/c1-19-16-9-5-6-14-10-13(12-20-17(14)16)11-18-15-7-3-2-4-8-15/h5-6,9,13,15,18H,2-4,7-8,10-12H2,1H3/t13-/m1/s1. The average molecular weight is 275 g/mol. The molecule has 1 N–H and O–H groups in total. The summed E-state index contributed by atoms with van der Waals surface area (Å²) in [7, 11) is 1.70. The molecule has 1 aromatic rings. The number of nitrogens with one attached hydrogen (secondary N) is 1. The van der Waals surface area contributed by atoms with Crippen molar-refractivity contribution in [2.45, 2.75) is 44.6 Å². The van der Waals surface area contributed by atoms with Crippen molar-refractivity contribution in [1.82, 2.24) is 5.32 Å². The monoisotopic (exact) mass is 275 g/mol. The highest BCUT2D eigenvalue weighted by molar-refractivity contribution is 5.47. The summed E-state index contributed by atoms with van der Waals surface area (Å²) < 4.78 is 11.3. The van der Waals surface area contributed by atoms with Crippen LogP contribution in [-0.4, -0.2) is 26.3 Å². The first-order valence-corrected chi connectivity index (χ1v) is 7.89. The maximum Gasteiger partial charge on any atom is 0.164 e. The lowest BCUT2D eigenvalue weighted by Gasteiger charge is -2.29. The van der Waals surface area contributed by atoms with Crippen LogP contribution in [0.5, 0.6) is 11.5 Å². The summed E-state index contributed by atoms with van der Waals surface area (Å²) in [4.78, 5) is 0. The second-order valence-electron chi connectivity index (χ2n) is 6.07. The van der Waals surface area contributed by atoms with Gasteiger partial charge in [-0.15, -0.1) is 0 Å². The summed E-state index contributed by atoms with van der Waals surface area (Å²) in [6, 6.07) is 6.91. The number of para-hydroxylation sites is 1. The van der Waals surface area contributed by atoms with Crippen molar-refractivity contribution in [1.29, 1.82) is 0 Å². The van der Waals surface area contributed by atoms with Crippen LogP contribution >= 0.6 is 0 Å². The molecule has 0 unspecified atom stereocenters. The van der Waals surface area contributed by atoms with E-state index in [1.54, 1.807) is 7.11 Å². The van der Waals surface area contributed by atoms with Crippen molar-refractivity contribution in [2.75, 3.05) is 20.3 Å². The lowest BCUT2D eigenvalue weighted by atomic mass is 9.93. The summed E-state index contributed by atoms with van der Waals surface area (Å²) in [6.45, 7) is 1.87. The summed E-state index contributed by atoms with van der Waals surface area (Å²) in [5.74, 6) is 2.39. The molecule has 0 amide bonds. The molecule has 0 saturated heterocycles. The fraction of sp³-hybridized carbons (Fsp3) is 0.647. The molecule has 0 radical (unpaired) electrons. The minimum absolute atomic E-state index is 0.580. The summed E-state index contributed by atoms with van der Waals surface area (Å²) >= 11 is 0. The van der Waals surface area contributed by atoms with E-state index < -0.39 is 0 Å². The highest BCUT2D eigenvalue weighted by atomic mass is 16.5. The van der Waals surface area contributed by atoms with E-state index in [4.69, 9.17) is 9.47 Å². The second kappa shape index (κ2) is 6.49. The lowest BCUT2D eigenvalue weighted by Crippen LogP contribution is -2.38. The van der Waals surface area contributed by atoms with E-state index in [1.807, 2.05) is 6.07 Å². The third-order valence-electron chi connectivity index (χ3n) is 4.55. The maximum atomic E-state index is 5.93. The molecule has 0 aromatic heterocycles. The number of hydrogen-bond acceptors (Lipinski definition) is 3. The Bertz CT molecular complexity index is 441. The van der Waals surface area contributed by atoms with E-state index in [0.29, 0.717) is 5.92 Å². The minimum Gasteiger partial charge on any atom is -0.493 e. The zero-order valence-electron chi connectivity index (χ0n) is 12.4. The molecule has 1 atom stereocenters. The van der Waals surface area contributed by atoms with Gasteiger partial charge in [0.25, 0.3) is 0 Å². The van der Waals surface area contributed by atoms with Gasteiger partial charge in [0.1, 0.15) is 0 Å². The first kappa shape index (κ1) is 13.7. The van der Waals surface area contributed by atoms with Crippen molar-refractivity contribution in [3.8, 4) is 11.5 Å². The molecular formula is C17H25NO2. The van der Waals surface area contributed by atoms with E-state index in [2.05, 4.69) is 17.4 Å². The molecule has 3 nitrogen and oxygen atoms in total. The molecular weight excluding hydrogens is 250 g/mol. The Kier molecular flexibility index (Phi) is 4.46. The highest BCUT2D eigenvalue weighted by Gasteiger charge is 2.23. The molecule has 1 aliphatic carbocycles. The number of ether oxygens (including phenoxy) is 2. The van der Waals surface area contributed by atoms with Gasteiger partial charge in [0.15, 0.2) is 11.5 Å². The Labute approximate surface area is 121 Å². The lowest BCUT2D eigenvalue weighted by molar-refractivity contribution is 0.201. The molecule has 3 heteroatoms. The van der Waals surface area contributed by atoms with Crippen molar-refractivity contribution >= 4 is 0 Å². The van der Waals surface area contributed by atoms with Crippen LogP contribution in [0.25, 0.3) is 0 Å². The van der Waals surface area contributed by atoms with Crippen LogP contribution in [0.4, 0.5) is 0 Å². The Morgan fingerprint density at radius 1 is 1.25 bits per heavy atom. The quantitative estimate of drug-likeness (QED) is 0.915. The van der Waals surface area contributed by atoms with Crippen molar-refractivity contribution < 1.29 is 9.47 Å². The summed E-state index contributed by atoms with van der Waals surface area (Å²) in [5, 5.41) is 3.74. The number of benzene rings is 1. The Morgan fingerprint density at radius 3 is 2.90 bits per heavy atom. The van der Waals surface area contributed by atoms with Crippen LogP contribution in [0.15, 0.2) is 18.2 Å². The zero-order chi connectivity index (χ0) is 13.8. The third-order valence-corrected chi connectivity index (χ3v) is 4.55. The van der Waals surface area contributed by atoms with Crippen LogP contribution in [0.1, 0.15) is 37.7 Å². The number of hydrogen-bond donors (Lipinski definition) is 1. The molecule has 20 heavy (non-hydrogen) atoms. The van der Waals surface area contributed by atoms with Crippen LogP contribution < -0.4 is 14.8 Å². The smallest absolute Gasteiger partial charge is 0.164 e. The third kappa shape index (κ3) is 3.09. The van der Waals surface area contributed by atoms with Gasteiger partial charge >= 0.3 is 0 Å². The van der Waals surface area contributed by atoms with Crippen molar-refractivity contribution in [2.24, 2.45) is 5.92 Å². The summed E-state index contributed by atoms with van der Waals surface area (Å²) in [5.41, 5.74) is 1.28. The fourth-order valence-corrected chi connectivity index (χ4v) is 3.39. The molecule has 1 heterocycles. The number of fused-ring (bicyclic) bond motifs is 1. The molecule has 0 bridgehead atoms. The van der Waals surface area contributed by atoms with Crippen LogP contribution in [0, 0.1) is 5.92 Å². The van der Waals surface area contributed by atoms with Crippen molar-refractivity contribution in [3.05, 3.63) is 23.8 Å². The van der Waals surface area contributed by atoms with Crippen LogP contribution in [0.2, 0.25) is 0 Å².